The van der Waals surface area contributed by atoms with Crippen LogP contribution in [0.25, 0.3) is 0 Å². The van der Waals surface area contributed by atoms with E-state index in [1.54, 1.807) is 18.5 Å². The van der Waals surface area contributed by atoms with Crippen molar-refractivity contribution in [1.29, 1.82) is 0 Å². The summed E-state index contributed by atoms with van der Waals surface area (Å²) in [5.41, 5.74) is 6.49. The molecule has 3 atom stereocenters. The van der Waals surface area contributed by atoms with Crippen molar-refractivity contribution in [2.24, 2.45) is 11.8 Å². The number of rotatable bonds is 1. The van der Waals surface area contributed by atoms with Crippen LogP contribution in [0.2, 0.25) is 0 Å². The van der Waals surface area contributed by atoms with Crippen molar-refractivity contribution in [3.8, 4) is 0 Å². The molecular weight excluding hydrogens is 176 g/mol. The molecule has 3 unspecified atom stereocenters. The van der Waals surface area contributed by atoms with Gasteiger partial charge in [0.25, 0.3) is 0 Å². The molecule has 2 rings (SSSR count). The van der Waals surface area contributed by atoms with Crippen molar-refractivity contribution >= 4 is 5.69 Å². The van der Waals surface area contributed by atoms with Crippen molar-refractivity contribution < 1.29 is 5.11 Å². The fourth-order valence-corrected chi connectivity index (χ4v) is 2.29. The molecule has 0 spiro atoms. The standard InChI is InChI=1S/C11H16N2O/c1-7-5-11(14,8(7)2)9-6-13-4-3-10(9)12/h3-4,6-8,14H,5H2,1-2H3,(H2,12,13). The second-order valence-electron chi connectivity index (χ2n) is 4.36. The predicted octanol–water partition coefficient (Wildman–Crippen LogP) is 1.53. The van der Waals surface area contributed by atoms with Gasteiger partial charge in [0.1, 0.15) is 0 Å². The first-order valence-corrected chi connectivity index (χ1v) is 4.98. The minimum atomic E-state index is -0.752. The summed E-state index contributed by atoms with van der Waals surface area (Å²) >= 11 is 0. The van der Waals surface area contributed by atoms with Crippen LogP contribution in [-0.4, -0.2) is 10.1 Å². The van der Waals surface area contributed by atoms with E-state index < -0.39 is 5.60 Å². The van der Waals surface area contributed by atoms with E-state index >= 15 is 0 Å². The van der Waals surface area contributed by atoms with Gasteiger partial charge in [0.15, 0.2) is 0 Å². The topological polar surface area (TPSA) is 59.1 Å². The summed E-state index contributed by atoms with van der Waals surface area (Å²) in [7, 11) is 0. The number of hydrogen-bond donors (Lipinski definition) is 2. The van der Waals surface area contributed by atoms with Crippen LogP contribution in [0.3, 0.4) is 0 Å². The fourth-order valence-electron chi connectivity index (χ4n) is 2.29. The summed E-state index contributed by atoms with van der Waals surface area (Å²) in [6.07, 6.45) is 4.11. The molecule has 14 heavy (non-hydrogen) atoms. The van der Waals surface area contributed by atoms with Crippen molar-refractivity contribution in [3.05, 3.63) is 24.0 Å². The van der Waals surface area contributed by atoms with Crippen LogP contribution >= 0.6 is 0 Å². The van der Waals surface area contributed by atoms with Crippen molar-refractivity contribution in [3.63, 3.8) is 0 Å². The molecule has 0 radical (unpaired) electrons. The lowest BCUT2D eigenvalue weighted by Gasteiger charge is -2.49. The number of pyridine rings is 1. The number of aromatic nitrogens is 1. The lowest BCUT2D eigenvalue weighted by Crippen LogP contribution is -2.49. The van der Waals surface area contributed by atoms with Gasteiger partial charge in [0.05, 0.1) is 5.60 Å². The minimum absolute atomic E-state index is 0.258. The quantitative estimate of drug-likeness (QED) is 0.709. The Hall–Kier alpha value is -1.09. The van der Waals surface area contributed by atoms with Crippen molar-refractivity contribution in [2.75, 3.05) is 5.73 Å². The molecule has 3 heteroatoms. The highest BCUT2D eigenvalue weighted by atomic mass is 16.3. The molecular formula is C11H16N2O. The largest absolute Gasteiger partial charge is 0.398 e. The molecule has 0 aromatic carbocycles. The normalized spacial score (nSPS) is 36.5. The summed E-state index contributed by atoms with van der Waals surface area (Å²) < 4.78 is 0. The van der Waals surface area contributed by atoms with Gasteiger partial charge in [-0.2, -0.15) is 0 Å². The highest BCUT2D eigenvalue weighted by Gasteiger charge is 2.49. The number of nitrogens with zero attached hydrogens (tertiary/aromatic N) is 1. The van der Waals surface area contributed by atoms with E-state index in [0.717, 1.165) is 12.0 Å². The molecule has 1 aromatic heterocycles. The Morgan fingerprint density at radius 1 is 1.57 bits per heavy atom. The zero-order valence-corrected chi connectivity index (χ0v) is 8.57. The van der Waals surface area contributed by atoms with Crippen LogP contribution in [0.15, 0.2) is 18.5 Å². The highest BCUT2D eigenvalue weighted by Crippen LogP contribution is 2.51. The predicted molar refractivity (Wildman–Crippen MR) is 55.5 cm³/mol. The van der Waals surface area contributed by atoms with Gasteiger partial charge in [0, 0.05) is 23.6 Å². The van der Waals surface area contributed by atoms with Crippen molar-refractivity contribution in [2.45, 2.75) is 25.9 Å². The van der Waals surface area contributed by atoms with E-state index in [1.807, 2.05) is 0 Å². The Labute approximate surface area is 84.0 Å². The third-order valence-corrected chi connectivity index (χ3v) is 3.56. The van der Waals surface area contributed by atoms with Crippen LogP contribution in [0.5, 0.6) is 0 Å². The molecule has 76 valence electrons. The minimum Gasteiger partial charge on any atom is -0.398 e. The second-order valence-corrected chi connectivity index (χ2v) is 4.36. The third-order valence-electron chi connectivity index (χ3n) is 3.56. The van der Waals surface area contributed by atoms with Crippen LogP contribution in [0, 0.1) is 11.8 Å². The monoisotopic (exact) mass is 192 g/mol. The lowest BCUT2D eigenvalue weighted by atomic mass is 9.60. The fraction of sp³-hybridized carbons (Fsp3) is 0.545. The van der Waals surface area contributed by atoms with E-state index in [2.05, 4.69) is 18.8 Å². The van der Waals surface area contributed by atoms with E-state index in [1.165, 1.54) is 0 Å². The maximum Gasteiger partial charge on any atom is 0.0961 e. The summed E-state index contributed by atoms with van der Waals surface area (Å²) in [6.45, 7) is 4.20. The average Bonchev–Trinajstić information content (AvgIpc) is 2.18. The number of anilines is 1. The van der Waals surface area contributed by atoms with Crippen LogP contribution in [0.4, 0.5) is 5.69 Å². The Kier molecular flexibility index (Phi) is 2.00. The molecule has 1 aliphatic carbocycles. The zero-order valence-electron chi connectivity index (χ0n) is 8.57. The average molecular weight is 192 g/mol. The maximum atomic E-state index is 10.4. The molecule has 0 amide bonds. The maximum absolute atomic E-state index is 10.4. The second kappa shape index (κ2) is 2.95. The Morgan fingerprint density at radius 3 is 2.79 bits per heavy atom. The number of nitrogens with two attached hydrogens (primary N) is 1. The van der Waals surface area contributed by atoms with Gasteiger partial charge in [-0.3, -0.25) is 4.98 Å². The summed E-state index contributed by atoms with van der Waals surface area (Å²) in [6, 6.07) is 1.74. The highest BCUT2D eigenvalue weighted by molar-refractivity contribution is 5.49. The molecule has 1 heterocycles. The molecule has 1 saturated carbocycles. The third kappa shape index (κ3) is 1.12. The van der Waals surface area contributed by atoms with E-state index in [-0.39, 0.29) is 5.92 Å². The number of nitrogen functional groups attached to an aromatic ring is 1. The Morgan fingerprint density at radius 2 is 2.29 bits per heavy atom. The molecule has 1 aromatic rings. The van der Waals surface area contributed by atoms with Crippen LogP contribution in [-0.2, 0) is 5.60 Å². The van der Waals surface area contributed by atoms with Gasteiger partial charge in [-0.15, -0.1) is 0 Å². The van der Waals surface area contributed by atoms with Gasteiger partial charge < -0.3 is 10.8 Å². The summed E-state index contributed by atoms with van der Waals surface area (Å²) in [4.78, 5) is 4.01. The molecule has 3 N–H and O–H groups in total. The lowest BCUT2D eigenvalue weighted by molar-refractivity contribution is -0.131. The number of hydrogen-bond acceptors (Lipinski definition) is 3. The first-order chi connectivity index (χ1) is 6.55. The molecule has 0 aliphatic heterocycles. The molecule has 3 nitrogen and oxygen atoms in total. The van der Waals surface area contributed by atoms with Gasteiger partial charge in [0.2, 0.25) is 0 Å². The number of aliphatic hydroxyl groups is 1. The first kappa shape index (κ1) is 9.46. The van der Waals surface area contributed by atoms with Crippen LogP contribution < -0.4 is 5.73 Å². The molecule has 1 fully saturated rings. The van der Waals surface area contributed by atoms with E-state index in [9.17, 15) is 5.11 Å². The zero-order chi connectivity index (χ0) is 10.3. The van der Waals surface area contributed by atoms with Gasteiger partial charge in [-0.05, 0) is 24.3 Å². The molecule has 0 bridgehead atoms. The molecule has 0 saturated heterocycles. The van der Waals surface area contributed by atoms with E-state index in [4.69, 9.17) is 5.73 Å². The van der Waals surface area contributed by atoms with Crippen molar-refractivity contribution in [1.82, 2.24) is 4.98 Å². The van der Waals surface area contributed by atoms with Gasteiger partial charge in [-0.1, -0.05) is 13.8 Å². The Bertz CT molecular complexity index is 353. The van der Waals surface area contributed by atoms with E-state index in [0.29, 0.717) is 11.6 Å². The SMILES string of the molecule is CC1CC(O)(c2cnccc2N)C1C. The first-order valence-electron chi connectivity index (χ1n) is 4.98. The van der Waals surface area contributed by atoms with Crippen LogP contribution in [0.1, 0.15) is 25.8 Å². The molecule has 1 aliphatic rings. The Balaban J connectivity index is 2.37. The smallest absolute Gasteiger partial charge is 0.0961 e. The van der Waals surface area contributed by atoms with Gasteiger partial charge in [-0.25, -0.2) is 0 Å². The summed E-state index contributed by atoms with van der Waals surface area (Å²) in [5.74, 6) is 0.814. The van der Waals surface area contributed by atoms with Gasteiger partial charge >= 0.3 is 0 Å². The summed E-state index contributed by atoms with van der Waals surface area (Å²) in [5, 5.41) is 10.4.